The molecule has 0 radical (unpaired) electrons. The van der Waals surface area contributed by atoms with Crippen molar-refractivity contribution in [3.63, 3.8) is 0 Å². The molecule has 0 aliphatic carbocycles. The van der Waals surface area contributed by atoms with Crippen LogP contribution in [0.4, 0.5) is 0 Å². The average molecular weight is 955 g/mol. The van der Waals surface area contributed by atoms with Gasteiger partial charge < -0.3 is 64.2 Å². The molecule has 388 valence electrons. The molecule has 0 bridgehead atoms. The van der Waals surface area contributed by atoms with Crippen molar-refractivity contribution in [1.82, 2.24) is 0 Å². The van der Waals surface area contributed by atoms with Crippen LogP contribution in [0.1, 0.15) is 174 Å². The maximum atomic E-state index is 13.0. The second-order valence-electron chi connectivity index (χ2n) is 18.0. The van der Waals surface area contributed by atoms with Crippen molar-refractivity contribution < 1.29 is 73.8 Å². The fraction of sp³-hybridized carbons (Fsp3) is 0.808. The number of rotatable bonds is 39. The number of esters is 2. The molecule has 2 aliphatic heterocycles. The van der Waals surface area contributed by atoms with Crippen LogP contribution in [0.15, 0.2) is 48.6 Å². The predicted octanol–water partition coefficient (Wildman–Crippen LogP) is 7.10. The Bertz CT molecular complexity index is 1350. The minimum Gasteiger partial charge on any atom is -0.462 e. The second-order valence-corrected chi connectivity index (χ2v) is 18.0. The highest BCUT2D eigenvalue weighted by molar-refractivity contribution is 5.70. The first kappa shape index (κ1) is 60.6. The number of hydrogen-bond acceptors (Lipinski definition) is 15. The Morgan fingerprint density at radius 2 is 0.955 bits per heavy atom. The highest BCUT2D eigenvalue weighted by Gasteiger charge is 2.47. The number of hydrogen-bond donors (Lipinski definition) is 7. The molecule has 2 heterocycles. The average Bonchev–Trinajstić information content (AvgIpc) is 3.32. The maximum absolute atomic E-state index is 13.0. The summed E-state index contributed by atoms with van der Waals surface area (Å²) in [6.45, 7) is 2.42. The summed E-state index contributed by atoms with van der Waals surface area (Å²) in [6.07, 6.45) is 25.7. The number of unbranched alkanes of at least 4 members (excludes halogenated alkanes) is 19. The molecule has 0 saturated carbocycles. The number of aliphatic hydroxyl groups excluding tert-OH is 7. The van der Waals surface area contributed by atoms with Crippen molar-refractivity contribution in [1.29, 1.82) is 0 Å². The quantitative estimate of drug-likeness (QED) is 0.0141. The van der Waals surface area contributed by atoms with E-state index in [1.54, 1.807) is 0 Å². The minimum atomic E-state index is -1.77. The van der Waals surface area contributed by atoms with E-state index in [0.29, 0.717) is 12.8 Å². The molecular weight excluding hydrogens is 865 g/mol. The lowest BCUT2D eigenvalue weighted by molar-refractivity contribution is -0.332. The van der Waals surface area contributed by atoms with Crippen LogP contribution in [0.25, 0.3) is 0 Å². The van der Waals surface area contributed by atoms with Crippen LogP contribution in [-0.4, -0.2) is 142 Å². The van der Waals surface area contributed by atoms with Gasteiger partial charge in [-0.2, -0.15) is 0 Å². The van der Waals surface area contributed by atoms with Gasteiger partial charge in [0.2, 0.25) is 0 Å². The first-order valence-electron chi connectivity index (χ1n) is 25.8. The van der Waals surface area contributed by atoms with Gasteiger partial charge in [0.05, 0.1) is 19.8 Å². The van der Waals surface area contributed by atoms with Crippen LogP contribution in [0.2, 0.25) is 0 Å². The maximum Gasteiger partial charge on any atom is 0.306 e. The van der Waals surface area contributed by atoms with Crippen LogP contribution < -0.4 is 0 Å². The summed E-state index contributed by atoms with van der Waals surface area (Å²) in [6, 6.07) is 0. The fourth-order valence-corrected chi connectivity index (χ4v) is 7.86. The zero-order valence-corrected chi connectivity index (χ0v) is 40.9. The normalized spacial score (nSPS) is 26.3. The summed E-state index contributed by atoms with van der Waals surface area (Å²) in [5, 5.41) is 72.0. The largest absolute Gasteiger partial charge is 0.462 e. The molecule has 7 N–H and O–H groups in total. The molecule has 0 spiro atoms. The summed E-state index contributed by atoms with van der Waals surface area (Å²) < 4.78 is 33.5. The SMILES string of the molecule is CC/C=C/C=C/C=C/CCCCCCCC(=O)OC(COC(=O)CCCCCCC/C=C/CCCCCCCCCCC)CO[C@@H]1O[C@H](CO[C@@H]2O[C@H](CO)[C@H](O)C(O)C2O)[C@H](O)C(O)C1O. The fourth-order valence-electron chi connectivity index (χ4n) is 7.86. The Morgan fingerprint density at radius 1 is 0.493 bits per heavy atom. The number of aliphatic hydroxyl groups is 7. The smallest absolute Gasteiger partial charge is 0.306 e. The van der Waals surface area contributed by atoms with Crippen molar-refractivity contribution in [2.24, 2.45) is 0 Å². The zero-order valence-electron chi connectivity index (χ0n) is 40.9. The molecule has 2 rings (SSSR count). The molecule has 11 atom stereocenters. The molecule has 2 fully saturated rings. The van der Waals surface area contributed by atoms with Gasteiger partial charge in [0.25, 0.3) is 0 Å². The topological polar surface area (TPSA) is 231 Å². The molecule has 5 unspecified atom stereocenters. The van der Waals surface area contributed by atoms with Crippen molar-refractivity contribution in [2.45, 2.75) is 242 Å². The van der Waals surface area contributed by atoms with Gasteiger partial charge in [-0.3, -0.25) is 9.59 Å². The lowest BCUT2D eigenvalue weighted by atomic mass is 9.98. The van der Waals surface area contributed by atoms with Crippen LogP contribution in [-0.2, 0) is 38.0 Å². The van der Waals surface area contributed by atoms with E-state index in [2.05, 4.69) is 38.2 Å². The summed E-state index contributed by atoms with van der Waals surface area (Å²) in [5.41, 5.74) is 0. The van der Waals surface area contributed by atoms with Crippen molar-refractivity contribution in [2.75, 3.05) is 26.4 Å². The Kier molecular flexibility index (Phi) is 35.5. The molecule has 2 aliphatic rings. The Balaban J connectivity index is 1.81. The van der Waals surface area contributed by atoms with Gasteiger partial charge >= 0.3 is 11.9 Å². The minimum absolute atomic E-state index is 0.139. The summed E-state index contributed by atoms with van der Waals surface area (Å²) in [4.78, 5) is 25.7. The standard InChI is InChI=1S/C52H90O15/c1-3-5-7-9-11-13-15-17-18-19-20-21-23-24-26-28-30-32-34-43(54)62-37-40(65-44(55)35-33-31-29-27-25-22-16-14-12-10-8-6-4-2)38-63-51-50(61)48(59)46(57)42(67-51)39-64-52-49(60)47(58)45(56)41(36-53)66-52/h6,8,10,12,14,16,20-21,40-42,45-53,56-61H,3-5,7,9,11,13,15,17-19,22-39H2,1-2H3/b8-6+,12-10+,16-14+,21-20+/t40?,41-,42-,45+,46+,47?,48?,49?,50?,51-,52-/m1/s1. The van der Waals surface area contributed by atoms with E-state index in [9.17, 15) is 45.3 Å². The molecule has 15 nitrogen and oxygen atoms in total. The molecule has 67 heavy (non-hydrogen) atoms. The van der Waals surface area contributed by atoms with Crippen molar-refractivity contribution in [3.8, 4) is 0 Å². The van der Waals surface area contributed by atoms with Gasteiger partial charge in [0.15, 0.2) is 18.7 Å². The van der Waals surface area contributed by atoms with Gasteiger partial charge in [-0.1, -0.05) is 152 Å². The van der Waals surface area contributed by atoms with Crippen LogP contribution in [0.5, 0.6) is 0 Å². The van der Waals surface area contributed by atoms with Crippen LogP contribution in [0.3, 0.4) is 0 Å². The summed E-state index contributed by atoms with van der Waals surface area (Å²) >= 11 is 0. The number of carbonyl (C=O) groups excluding carboxylic acids is 2. The molecule has 2 saturated heterocycles. The lowest BCUT2D eigenvalue weighted by Crippen LogP contribution is -2.61. The molecular formula is C52H90O15. The predicted molar refractivity (Wildman–Crippen MR) is 257 cm³/mol. The second kappa shape index (κ2) is 39.2. The van der Waals surface area contributed by atoms with Gasteiger partial charge in [-0.15, -0.1) is 0 Å². The monoisotopic (exact) mass is 955 g/mol. The van der Waals surface area contributed by atoms with E-state index in [1.165, 1.54) is 57.8 Å². The van der Waals surface area contributed by atoms with Gasteiger partial charge in [0.1, 0.15) is 55.4 Å². The Hall–Kier alpha value is -2.54. The van der Waals surface area contributed by atoms with E-state index in [0.717, 1.165) is 77.0 Å². The van der Waals surface area contributed by atoms with Gasteiger partial charge in [-0.05, 0) is 57.8 Å². The molecule has 0 aromatic heterocycles. The van der Waals surface area contributed by atoms with E-state index in [1.807, 2.05) is 24.3 Å². The first-order valence-corrected chi connectivity index (χ1v) is 25.8. The number of allylic oxidation sites excluding steroid dienone is 8. The zero-order chi connectivity index (χ0) is 48.9. The highest BCUT2D eigenvalue weighted by Crippen LogP contribution is 2.26. The third-order valence-corrected chi connectivity index (χ3v) is 12.1. The lowest BCUT2D eigenvalue weighted by Gasteiger charge is -2.42. The van der Waals surface area contributed by atoms with Gasteiger partial charge in [0, 0.05) is 12.8 Å². The summed E-state index contributed by atoms with van der Waals surface area (Å²) in [7, 11) is 0. The number of ether oxygens (including phenoxy) is 6. The third kappa shape index (κ3) is 27.4. The molecule has 15 heteroatoms. The van der Waals surface area contributed by atoms with E-state index in [4.69, 9.17) is 28.4 Å². The van der Waals surface area contributed by atoms with Crippen LogP contribution in [0, 0.1) is 0 Å². The van der Waals surface area contributed by atoms with Crippen molar-refractivity contribution >= 4 is 11.9 Å². The molecule has 0 aromatic carbocycles. The Labute approximate surface area is 401 Å². The Morgan fingerprint density at radius 3 is 1.51 bits per heavy atom. The van der Waals surface area contributed by atoms with Crippen molar-refractivity contribution in [3.05, 3.63) is 48.6 Å². The first-order chi connectivity index (χ1) is 32.5. The van der Waals surface area contributed by atoms with Gasteiger partial charge in [-0.25, -0.2) is 0 Å². The third-order valence-electron chi connectivity index (χ3n) is 12.1. The van der Waals surface area contributed by atoms with E-state index in [-0.39, 0.29) is 19.4 Å². The number of carbonyl (C=O) groups is 2. The van der Waals surface area contributed by atoms with Crippen LogP contribution >= 0.6 is 0 Å². The highest BCUT2D eigenvalue weighted by atomic mass is 16.7. The summed E-state index contributed by atoms with van der Waals surface area (Å²) in [5.74, 6) is -0.959. The molecule has 0 amide bonds. The van der Waals surface area contributed by atoms with E-state index < -0.39 is 99.3 Å². The van der Waals surface area contributed by atoms with E-state index >= 15 is 0 Å². The molecule has 0 aromatic rings.